The van der Waals surface area contributed by atoms with Gasteiger partial charge in [0.25, 0.3) is 0 Å². The molecule has 1 aromatic heterocycles. The molecule has 1 aromatic carbocycles. The SMILES string of the molecule is Cc1cc(CS(=O)(=O)C2COC(C)(C)C2)nn1-c1ccccc1. The van der Waals surface area contributed by atoms with Crippen LogP contribution in [-0.4, -0.2) is 35.7 Å². The third-order valence-electron chi connectivity index (χ3n) is 4.17. The molecule has 2 heterocycles. The molecule has 1 saturated heterocycles. The Morgan fingerprint density at radius 1 is 1.30 bits per heavy atom. The van der Waals surface area contributed by atoms with Crippen molar-refractivity contribution in [1.82, 2.24) is 9.78 Å². The highest BCUT2D eigenvalue weighted by Crippen LogP contribution is 2.30. The van der Waals surface area contributed by atoms with E-state index in [4.69, 9.17) is 4.74 Å². The van der Waals surface area contributed by atoms with E-state index in [1.165, 1.54) is 0 Å². The van der Waals surface area contributed by atoms with Gasteiger partial charge in [0, 0.05) is 5.69 Å². The molecule has 0 saturated carbocycles. The summed E-state index contributed by atoms with van der Waals surface area (Å²) in [5.74, 6) is -0.0439. The second kappa shape index (κ2) is 5.76. The number of nitrogens with zero attached hydrogens (tertiary/aromatic N) is 2. The minimum atomic E-state index is -3.27. The zero-order chi connectivity index (χ0) is 16.7. The van der Waals surface area contributed by atoms with Gasteiger partial charge in [-0.3, -0.25) is 0 Å². The molecule has 124 valence electrons. The van der Waals surface area contributed by atoms with Crippen molar-refractivity contribution in [2.75, 3.05) is 6.61 Å². The van der Waals surface area contributed by atoms with Crippen molar-refractivity contribution >= 4 is 9.84 Å². The van der Waals surface area contributed by atoms with Crippen LogP contribution in [0.2, 0.25) is 0 Å². The molecule has 0 bridgehead atoms. The first-order valence-electron chi connectivity index (χ1n) is 7.73. The summed E-state index contributed by atoms with van der Waals surface area (Å²) in [5, 5.41) is 4.02. The summed E-state index contributed by atoms with van der Waals surface area (Å²) >= 11 is 0. The van der Waals surface area contributed by atoms with Crippen LogP contribution >= 0.6 is 0 Å². The highest BCUT2D eigenvalue weighted by Gasteiger charge is 2.39. The molecule has 23 heavy (non-hydrogen) atoms. The minimum absolute atomic E-state index is 0.0439. The van der Waals surface area contributed by atoms with Gasteiger partial charge in [-0.15, -0.1) is 0 Å². The molecule has 1 unspecified atom stereocenters. The highest BCUT2D eigenvalue weighted by atomic mass is 32.2. The Labute approximate surface area is 137 Å². The Hall–Kier alpha value is -1.66. The Kier molecular flexibility index (Phi) is 4.06. The van der Waals surface area contributed by atoms with Gasteiger partial charge in [-0.2, -0.15) is 5.10 Å². The van der Waals surface area contributed by atoms with Gasteiger partial charge in [0.15, 0.2) is 9.84 Å². The molecule has 1 aliphatic heterocycles. The van der Waals surface area contributed by atoms with E-state index in [-0.39, 0.29) is 18.0 Å². The predicted octanol–water partition coefficient (Wildman–Crippen LogP) is 2.66. The van der Waals surface area contributed by atoms with Crippen LogP contribution in [0.5, 0.6) is 0 Å². The molecular weight excluding hydrogens is 312 g/mol. The van der Waals surface area contributed by atoms with Gasteiger partial charge < -0.3 is 4.74 Å². The third kappa shape index (κ3) is 3.48. The van der Waals surface area contributed by atoms with Crippen LogP contribution in [0.15, 0.2) is 36.4 Å². The Balaban J connectivity index is 1.81. The molecule has 6 heteroatoms. The summed E-state index contributed by atoms with van der Waals surface area (Å²) in [5.41, 5.74) is 2.07. The lowest BCUT2D eigenvalue weighted by Crippen LogP contribution is -2.25. The van der Waals surface area contributed by atoms with Gasteiger partial charge in [0.1, 0.15) is 0 Å². The summed E-state index contributed by atoms with van der Waals surface area (Å²) < 4.78 is 32.6. The zero-order valence-electron chi connectivity index (χ0n) is 13.7. The number of rotatable bonds is 4. The molecule has 1 fully saturated rings. The molecule has 3 rings (SSSR count). The largest absolute Gasteiger partial charge is 0.374 e. The lowest BCUT2D eigenvalue weighted by atomic mass is 10.1. The molecule has 1 atom stereocenters. The van der Waals surface area contributed by atoms with Crippen LogP contribution in [0.1, 0.15) is 31.7 Å². The molecule has 0 spiro atoms. The zero-order valence-corrected chi connectivity index (χ0v) is 14.5. The number of hydrogen-bond donors (Lipinski definition) is 0. The van der Waals surface area contributed by atoms with Crippen LogP contribution in [0.4, 0.5) is 0 Å². The number of ether oxygens (including phenoxy) is 1. The van der Waals surface area contributed by atoms with Crippen LogP contribution in [0.25, 0.3) is 5.69 Å². The van der Waals surface area contributed by atoms with Crippen molar-refractivity contribution < 1.29 is 13.2 Å². The Morgan fingerprint density at radius 2 is 2.00 bits per heavy atom. The summed E-state index contributed by atoms with van der Waals surface area (Å²) in [6.45, 7) is 6.05. The van der Waals surface area contributed by atoms with Gasteiger partial charge in [0.2, 0.25) is 0 Å². The first-order chi connectivity index (χ1) is 10.8. The quantitative estimate of drug-likeness (QED) is 0.862. The monoisotopic (exact) mass is 334 g/mol. The maximum absolute atomic E-state index is 12.6. The Morgan fingerprint density at radius 3 is 2.61 bits per heavy atom. The van der Waals surface area contributed by atoms with Gasteiger partial charge in [-0.05, 0) is 45.4 Å². The topological polar surface area (TPSA) is 61.2 Å². The van der Waals surface area contributed by atoms with Crippen molar-refractivity contribution in [3.8, 4) is 5.69 Å². The molecule has 0 N–H and O–H groups in total. The van der Waals surface area contributed by atoms with E-state index < -0.39 is 15.1 Å². The van der Waals surface area contributed by atoms with Crippen molar-refractivity contribution in [2.24, 2.45) is 0 Å². The number of aryl methyl sites for hydroxylation is 1. The third-order valence-corrected chi connectivity index (χ3v) is 6.19. The van der Waals surface area contributed by atoms with E-state index in [2.05, 4.69) is 5.10 Å². The van der Waals surface area contributed by atoms with Crippen molar-refractivity contribution in [2.45, 2.75) is 43.8 Å². The fraction of sp³-hybridized carbons (Fsp3) is 0.471. The summed E-state index contributed by atoms with van der Waals surface area (Å²) in [4.78, 5) is 0. The summed E-state index contributed by atoms with van der Waals surface area (Å²) in [7, 11) is -3.27. The van der Waals surface area contributed by atoms with Crippen molar-refractivity contribution in [1.29, 1.82) is 0 Å². The molecule has 0 aliphatic carbocycles. The fourth-order valence-corrected chi connectivity index (χ4v) is 4.70. The van der Waals surface area contributed by atoms with Gasteiger partial charge >= 0.3 is 0 Å². The molecule has 2 aromatic rings. The van der Waals surface area contributed by atoms with Gasteiger partial charge in [-0.25, -0.2) is 13.1 Å². The average molecular weight is 334 g/mol. The summed E-state index contributed by atoms with van der Waals surface area (Å²) in [6.07, 6.45) is 0.535. The van der Waals surface area contributed by atoms with E-state index in [1.54, 1.807) is 4.68 Å². The maximum Gasteiger partial charge on any atom is 0.161 e. The number of sulfone groups is 1. The second-order valence-corrected chi connectivity index (χ2v) is 9.01. The summed E-state index contributed by atoms with van der Waals surface area (Å²) in [6, 6.07) is 11.5. The van der Waals surface area contributed by atoms with Crippen molar-refractivity contribution in [3.05, 3.63) is 47.8 Å². The number of benzene rings is 1. The standard InChI is InChI=1S/C17H22N2O3S/c1-13-9-14(18-19(13)15-7-5-4-6-8-15)12-23(20,21)16-10-17(2,3)22-11-16/h4-9,16H,10-12H2,1-3H3. The molecule has 1 aliphatic rings. The first-order valence-corrected chi connectivity index (χ1v) is 9.45. The van der Waals surface area contributed by atoms with Crippen LogP contribution in [0.3, 0.4) is 0 Å². The normalized spacial score (nSPS) is 20.7. The minimum Gasteiger partial charge on any atom is -0.374 e. The van der Waals surface area contributed by atoms with Gasteiger partial charge in [-0.1, -0.05) is 18.2 Å². The van der Waals surface area contributed by atoms with Gasteiger partial charge in [0.05, 0.1) is 34.6 Å². The number of para-hydroxylation sites is 1. The smallest absolute Gasteiger partial charge is 0.161 e. The van der Waals surface area contributed by atoms with E-state index in [1.807, 2.05) is 57.2 Å². The second-order valence-electron chi connectivity index (χ2n) is 6.73. The Bertz CT molecular complexity index is 795. The fourth-order valence-electron chi connectivity index (χ4n) is 2.98. The molecule has 5 nitrogen and oxygen atoms in total. The highest BCUT2D eigenvalue weighted by molar-refractivity contribution is 7.91. The average Bonchev–Trinajstić information content (AvgIpc) is 3.02. The lowest BCUT2D eigenvalue weighted by Gasteiger charge is -2.15. The lowest BCUT2D eigenvalue weighted by molar-refractivity contribution is 0.0368. The molecular formula is C17H22N2O3S. The van der Waals surface area contributed by atoms with E-state index in [0.29, 0.717) is 12.1 Å². The van der Waals surface area contributed by atoms with Crippen LogP contribution in [0, 0.1) is 6.92 Å². The molecule has 0 amide bonds. The van der Waals surface area contributed by atoms with Crippen LogP contribution in [-0.2, 0) is 20.3 Å². The number of hydrogen-bond acceptors (Lipinski definition) is 4. The number of aromatic nitrogens is 2. The molecule has 0 radical (unpaired) electrons. The van der Waals surface area contributed by atoms with E-state index in [0.717, 1.165) is 11.4 Å². The first kappa shape index (κ1) is 16.2. The maximum atomic E-state index is 12.6. The predicted molar refractivity (Wildman–Crippen MR) is 89.4 cm³/mol. The van der Waals surface area contributed by atoms with Crippen LogP contribution < -0.4 is 0 Å². The van der Waals surface area contributed by atoms with Crippen molar-refractivity contribution in [3.63, 3.8) is 0 Å². The van der Waals surface area contributed by atoms with E-state index >= 15 is 0 Å². The van der Waals surface area contributed by atoms with E-state index in [9.17, 15) is 8.42 Å².